The first kappa shape index (κ1) is 16.5. The molecule has 0 heterocycles. The van der Waals surface area contributed by atoms with Crippen LogP contribution in [0, 0.1) is 0 Å². The number of benzene rings is 1. The lowest BCUT2D eigenvalue weighted by molar-refractivity contribution is 0.0940. The number of nitrogens with one attached hydrogen (secondary N) is 1. The molecule has 4 heteroatoms. The number of amides is 1. The molecular weight excluding hydrogens is 252 g/mol. The number of anilines is 1. The number of hydrogen-bond acceptors (Lipinski definition) is 3. The molecule has 1 rings (SSSR count). The first-order valence-electron chi connectivity index (χ1n) is 7.28. The maximum absolute atomic E-state index is 12.0. The van der Waals surface area contributed by atoms with Gasteiger partial charge in [-0.15, -0.1) is 0 Å². The van der Waals surface area contributed by atoms with Crippen molar-refractivity contribution in [2.24, 2.45) is 0 Å². The van der Waals surface area contributed by atoms with Gasteiger partial charge in [0.1, 0.15) is 0 Å². The molecule has 4 nitrogen and oxygen atoms in total. The van der Waals surface area contributed by atoms with Crippen molar-refractivity contribution in [1.29, 1.82) is 0 Å². The number of hydrogen-bond donors (Lipinski definition) is 1. The highest BCUT2D eigenvalue weighted by Crippen LogP contribution is 2.13. The topological polar surface area (TPSA) is 41.6 Å². The van der Waals surface area contributed by atoms with Gasteiger partial charge in [-0.2, -0.15) is 0 Å². The summed E-state index contributed by atoms with van der Waals surface area (Å²) < 4.78 is 5.45. The van der Waals surface area contributed by atoms with Gasteiger partial charge in [-0.3, -0.25) is 4.79 Å². The summed E-state index contributed by atoms with van der Waals surface area (Å²) >= 11 is 0. The zero-order valence-corrected chi connectivity index (χ0v) is 12.8. The minimum atomic E-state index is -0.0257. The van der Waals surface area contributed by atoms with Crippen LogP contribution < -0.4 is 10.2 Å². The summed E-state index contributed by atoms with van der Waals surface area (Å²) in [7, 11) is 3.93. The second kappa shape index (κ2) is 9.37. The highest BCUT2D eigenvalue weighted by molar-refractivity contribution is 5.95. The quantitative estimate of drug-likeness (QED) is 0.706. The van der Waals surface area contributed by atoms with Crippen molar-refractivity contribution < 1.29 is 9.53 Å². The molecule has 0 spiro atoms. The Morgan fingerprint density at radius 1 is 1.25 bits per heavy atom. The monoisotopic (exact) mass is 278 g/mol. The van der Waals surface area contributed by atoms with Gasteiger partial charge in [0.25, 0.3) is 5.91 Å². The molecule has 0 unspecified atom stereocenters. The molecule has 0 fully saturated rings. The Hall–Kier alpha value is -1.55. The van der Waals surface area contributed by atoms with Crippen molar-refractivity contribution in [2.45, 2.75) is 26.2 Å². The molecule has 1 amide bonds. The van der Waals surface area contributed by atoms with Gasteiger partial charge in [-0.25, -0.2) is 0 Å². The fraction of sp³-hybridized carbons (Fsp3) is 0.562. The molecule has 1 aromatic carbocycles. The second-order valence-corrected chi connectivity index (χ2v) is 5.02. The predicted molar refractivity (Wildman–Crippen MR) is 83.4 cm³/mol. The highest BCUT2D eigenvalue weighted by atomic mass is 16.5. The SMILES string of the molecule is CCCCOCCCNC(=O)c1cccc(N(C)C)c1. The van der Waals surface area contributed by atoms with Crippen molar-refractivity contribution in [3.8, 4) is 0 Å². The molecule has 0 aliphatic carbocycles. The average molecular weight is 278 g/mol. The molecular formula is C16H26N2O2. The smallest absolute Gasteiger partial charge is 0.251 e. The van der Waals surface area contributed by atoms with E-state index in [4.69, 9.17) is 4.74 Å². The van der Waals surface area contributed by atoms with Gasteiger partial charge >= 0.3 is 0 Å². The van der Waals surface area contributed by atoms with Gasteiger partial charge < -0.3 is 15.0 Å². The van der Waals surface area contributed by atoms with Gasteiger partial charge in [0.15, 0.2) is 0 Å². The molecule has 0 saturated carbocycles. The van der Waals surface area contributed by atoms with E-state index in [1.807, 2.05) is 43.3 Å². The average Bonchev–Trinajstić information content (AvgIpc) is 2.46. The third-order valence-electron chi connectivity index (χ3n) is 3.02. The number of nitrogens with zero attached hydrogens (tertiary/aromatic N) is 1. The van der Waals surface area contributed by atoms with Crippen molar-refractivity contribution >= 4 is 11.6 Å². The van der Waals surface area contributed by atoms with Crippen LogP contribution in [-0.2, 0) is 4.74 Å². The first-order chi connectivity index (χ1) is 9.65. The number of ether oxygens (including phenoxy) is 1. The molecule has 0 saturated heterocycles. The normalized spacial score (nSPS) is 10.3. The van der Waals surface area contributed by atoms with Crippen molar-refractivity contribution in [1.82, 2.24) is 5.32 Å². The highest BCUT2D eigenvalue weighted by Gasteiger charge is 2.06. The minimum absolute atomic E-state index is 0.0257. The number of carbonyl (C=O) groups excluding carboxylic acids is 1. The van der Waals surface area contributed by atoms with Crippen molar-refractivity contribution in [3.05, 3.63) is 29.8 Å². The largest absolute Gasteiger partial charge is 0.381 e. The van der Waals surface area contributed by atoms with E-state index >= 15 is 0 Å². The van der Waals surface area contributed by atoms with E-state index in [1.54, 1.807) is 0 Å². The lowest BCUT2D eigenvalue weighted by Gasteiger charge is -2.13. The maximum atomic E-state index is 12.0. The molecule has 1 N–H and O–H groups in total. The summed E-state index contributed by atoms with van der Waals surface area (Å²) in [6.07, 6.45) is 3.10. The molecule has 0 aliphatic rings. The van der Waals surface area contributed by atoms with Gasteiger partial charge in [-0.05, 0) is 31.0 Å². The molecule has 0 aliphatic heterocycles. The van der Waals surface area contributed by atoms with Gasteiger partial charge in [0.2, 0.25) is 0 Å². The first-order valence-corrected chi connectivity index (χ1v) is 7.28. The van der Waals surface area contributed by atoms with E-state index in [0.717, 1.165) is 31.6 Å². The lowest BCUT2D eigenvalue weighted by Crippen LogP contribution is -2.25. The lowest BCUT2D eigenvalue weighted by atomic mass is 10.2. The van der Waals surface area contributed by atoms with Crippen LogP contribution in [0.2, 0.25) is 0 Å². The third kappa shape index (κ3) is 6.06. The van der Waals surface area contributed by atoms with Crippen LogP contribution in [0.25, 0.3) is 0 Å². The molecule has 0 aromatic heterocycles. The van der Waals surface area contributed by atoms with E-state index in [0.29, 0.717) is 18.7 Å². The van der Waals surface area contributed by atoms with Crippen LogP contribution in [0.3, 0.4) is 0 Å². The summed E-state index contributed by atoms with van der Waals surface area (Å²) in [6, 6.07) is 7.61. The van der Waals surface area contributed by atoms with Crippen molar-refractivity contribution in [2.75, 3.05) is 38.8 Å². The Bertz CT molecular complexity index is 405. The van der Waals surface area contributed by atoms with Crippen LogP contribution in [0.15, 0.2) is 24.3 Å². The summed E-state index contributed by atoms with van der Waals surface area (Å²) in [5, 5.41) is 2.92. The van der Waals surface area contributed by atoms with Crippen LogP contribution in [0.4, 0.5) is 5.69 Å². The van der Waals surface area contributed by atoms with E-state index in [1.165, 1.54) is 0 Å². The predicted octanol–water partition coefficient (Wildman–Crippen LogP) is 2.69. The Kier molecular flexibility index (Phi) is 7.73. The molecule has 1 aromatic rings. The van der Waals surface area contributed by atoms with E-state index in [2.05, 4.69) is 12.2 Å². The van der Waals surface area contributed by atoms with E-state index in [-0.39, 0.29) is 5.91 Å². The fourth-order valence-electron chi connectivity index (χ4n) is 1.75. The fourth-order valence-corrected chi connectivity index (χ4v) is 1.75. The van der Waals surface area contributed by atoms with Gasteiger partial charge in [0, 0.05) is 45.1 Å². The van der Waals surface area contributed by atoms with Crippen LogP contribution in [-0.4, -0.2) is 39.8 Å². The summed E-state index contributed by atoms with van der Waals surface area (Å²) in [6.45, 7) is 4.32. The second-order valence-electron chi connectivity index (χ2n) is 5.02. The van der Waals surface area contributed by atoms with E-state index in [9.17, 15) is 4.79 Å². The summed E-state index contributed by atoms with van der Waals surface area (Å²) in [4.78, 5) is 14.0. The van der Waals surface area contributed by atoms with Crippen LogP contribution >= 0.6 is 0 Å². The summed E-state index contributed by atoms with van der Waals surface area (Å²) in [5.74, 6) is -0.0257. The number of rotatable bonds is 9. The van der Waals surface area contributed by atoms with Crippen LogP contribution in [0.5, 0.6) is 0 Å². The Labute approximate surface area is 122 Å². The molecule has 20 heavy (non-hydrogen) atoms. The molecule has 0 radical (unpaired) electrons. The third-order valence-corrected chi connectivity index (χ3v) is 3.02. The summed E-state index contributed by atoms with van der Waals surface area (Å²) in [5.41, 5.74) is 1.73. The molecule has 0 bridgehead atoms. The van der Waals surface area contributed by atoms with Gasteiger partial charge in [0.05, 0.1) is 0 Å². The molecule has 0 atom stereocenters. The Balaban J connectivity index is 2.27. The van der Waals surface area contributed by atoms with E-state index < -0.39 is 0 Å². The van der Waals surface area contributed by atoms with Crippen molar-refractivity contribution in [3.63, 3.8) is 0 Å². The maximum Gasteiger partial charge on any atom is 0.251 e. The Morgan fingerprint density at radius 3 is 2.70 bits per heavy atom. The standard InChI is InChI=1S/C16H26N2O2/c1-4-5-11-20-12-7-10-17-16(19)14-8-6-9-15(13-14)18(2)3/h6,8-9,13H,4-5,7,10-12H2,1-3H3,(H,17,19). The van der Waals surface area contributed by atoms with Crippen LogP contribution in [0.1, 0.15) is 36.5 Å². The minimum Gasteiger partial charge on any atom is -0.381 e. The molecule has 112 valence electrons. The zero-order chi connectivity index (χ0) is 14.8. The van der Waals surface area contributed by atoms with Gasteiger partial charge in [-0.1, -0.05) is 19.4 Å². The zero-order valence-electron chi connectivity index (χ0n) is 12.8. The Morgan fingerprint density at radius 2 is 2.00 bits per heavy atom. The number of carbonyl (C=O) groups is 1. The number of unbranched alkanes of at least 4 members (excludes halogenated alkanes) is 1.